The Bertz CT molecular complexity index is 1110. The molecule has 2 aromatic heterocycles. The van der Waals surface area contributed by atoms with Crippen LogP contribution in [0.25, 0.3) is 11.1 Å². The first-order chi connectivity index (χ1) is 16.5. The Morgan fingerprint density at radius 1 is 1.21 bits per heavy atom. The molecule has 4 N–H and O–H groups in total. The normalized spacial score (nSPS) is 15.9. The van der Waals surface area contributed by atoms with Crippen molar-refractivity contribution in [3.8, 4) is 11.1 Å². The lowest BCUT2D eigenvalue weighted by molar-refractivity contribution is 0.211. The van der Waals surface area contributed by atoms with Crippen LogP contribution in [-0.4, -0.2) is 52.1 Å². The second kappa shape index (κ2) is 11.4. The summed E-state index contributed by atoms with van der Waals surface area (Å²) >= 11 is 0. The molecule has 1 fully saturated rings. The number of halogens is 1. The summed E-state index contributed by atoms with van der Waals surface area (Å²) in [6, 6.07) is 11.6. The first-order valence-electron chi connectivity index (χ1n) is 12.1. The Morgan fingerprint density at radius 2 is 1.97 bits per heavy atom. The molecule has 180 valence electrons. The summed E-state index contributed by atoms with van der Waals surface area (Å²) in [7, 11) is 0. The molecule has 0 saturated carbocycles. The number of hydrogen-bond acceptors (Lipinski definition) is 6. The maximum Gasteiger partial charge on any atom is 0.260 e. The van der Waals surface area contributed by atoms with Crippen LogP contribution in [0.1, 0.15) is 43.5 Å². The van der Waals surface area contributed by atoms with Gasteiger partial charge in [0.05, 0.1) is 11.3 Å². The minimum Gasteiger partial charge on any atom is -0.354 e. The van der Waals surface area contributed by atoms with E-state index in [1.807, 2.05) is 18.2 Å². The molecule has 0 spiro atoms. The molecule has 1 saturated heterocycles. The Labute approximate surface area is 199 Å². The van der Waals surface area contributed by atoms with E-state index in [2.05, 4.69) is 27.1 Å². The number of nitrogens with zero attached hydrogens (tertiary/aromatic N) is 3. The number of piperidine rings is 1. The van der Waals surface area contributed by atoms with Crippen molar-refractivity contribution in [1.82, 2.24) is 19.9 Å². The van der Waals surface area contributed by atoms with Crippen LogP contribution < -0.4 is 16.6 Å². The number of H-pyrrole nitrogens is 1. The molecule has 0 amide bonds. The lowest BCUT2D eigenvalue weighted by Gasteiger charge is -2.32. The quantitative estimate of drug-likeness (QED) is 0.448. The lowest BCUT2D eigenvalue weighted by Crippen LogP contribution is -2.35. The van der Waals surface area contributed by atoms with Crippen molar-refractivity contribution in [1.29, 1.82) is 0 Å². The number of aromatic amines is 1. The number of benzene rings is 1. The van der Waals surface area contributed by atoms with E-state index in [-0.39, 0.29) is 23.3 Å². The van der Waals surface area contributed by atoms with Crippen LogP contribution in [-0.2, 0) is 6.42 Å². The zero-order chi connectivity index (χ0) is 23.9. The van der Waals surface area contributed by atoms with Crippen LogP contribution in [0, 0.1) is 5.82 Å². The van der Waals surface area contributed by atoms with Gasteiger partial charge in [-0.2, -0.15) is 0 Å². The maximum atomic E-state index is 13.5. The number of nitrogens with one attached hydrogen (secondary N) is 2. The zero-order valence-corrected chi connectivity index (χ0v) is 19.6. The van der Waals surface area contributed by atoms with E-state index in [1.54, 1.807) is 18.3 Å². The topological polar surface area (TPSA) is 99.9 Å². The van der Waals surface area contributed by atoms with E-state index in [0.717, 1.165) is 50.3 Å². The van der Waals surface area contributed by atoms with Gasteiger partial charge in [-0.15, -0.1) is 0 Å². The summed E-state index contributed by atoms with van der Waals surface area (Å²) in [4.78, 5) is 27.7. The van der Waals surface area contributed by atoms with Crippen LogP contribution in [0.3, 0.4) is 0 Å². The zero-order valence-electron chi connectivity index (χ0n) is 19.6. The van der Waals surface area contributed by atoms with Gasteiger partial charge >= 0.3 is 0 Å². The third kappa shape index (κ3) is 6.07. The van der Waals surface area contributed by atoms with Crippen molar-refractivity contribution in [3.05, 3.63) is 76.2 Å². The average molecular weight is 465 g/mol. The summed E-state index contributed by atoms with van der Waals surface area (Å²) in [5, 5.41) is 3.21. The summed E-state index contributed by atoms with van der Waals surface area (Å²) in [6.07, 6.45) is 5.36. The van der Waals surface area contributed by atoms with Crippen molar-refractivity contribution in [2.45, 2.75) is 44.6 Å². The monoisotopic (exact) mass is 464 g/mol. The molecular formula is C26H33FN6O. The molecule has 1 atom stereocenters. The number of likely N-dealkylation sites (tertiary alicyclic amines) is 1. The lowest BCUT2D eigenvalue weighted by atomic mass is 9.88. The van der Waals surface area contributed by atoms with Crippen molar-refractivity contribution < 1.29 is 4.39 Å². The van der Waals surface area contributed by atoms with E-state index in [1.165, 1.54) is 12.1 Å². The van der Waals surface area contributed by atoms with Gasteiger partial charge < -0.3 is 16.0 Å². The Morgan fingerprint density at radius 3 is 2.65 bits per heavy atom. The van der Waals surface area contributed by atoms with Crippen LogP contribution in [0.15, 0.2) is 53.5 Å². The fourth-order valence-electron chi connectivity index (χ4n) is 4.60. The molecule has 1 aliphatic heterocycles. The Hall–Kier alpha value is -3.10. The van der Waals surface area contributed by atoms with Crippen LogP contribution in [0.4, 0.5) is 10.3 Å². The number of anilines is 1. The van der Waals surface area contributed by atoms with Gasteiger partial charge in [-0.3, -0.25) is 14.8 Å². The molecule has 4 rings (SSSR count). The highest BCUT2D eigenvalue weighted by Gasteiger charge is 2.26. The van der Waals surface area contributed by atoms with Crippen molar-refractivity contribution in [2.24, 2.45) is 5.73 Å². The first-order valence-corrected chi connectivity index (χ1v) is 12.1. The van der Waals surface area contributed by atoms with Crippen molar-refractivity contribution in [2.75, 3.05) is 31.5 Å². The highest BCUT2D eigenvalue weighted by atomic mass is 19.1. The van der Waals surface area contributed by atoms with Gasteiger partial charge in [0.15, 0.2) is 0 Å². The number of aromatic nitrogens is 3. The third-order valence-electron chi connectivity index (χ3n) is 6.32. The summed E-state index contributed by atoms with van der Waals surface area (Å²) < 4.78 is 13.5. The van der Waals surface area contributed by atoms with Crippen molar-refractivity contribution in [3.63, 3.8) is 0 Å². The summed E-state index contributed by atoms with van der Waals surface area (Å²) in [6.45, 7) is 5.68. The molecule has 3 heterocycles. The van der Waals surface area contributed by atoms with Gasteiger partial charge in [0, 0.05) is 36.8 Å². The summed E-state index contributed by atoms with van der Waals surface area (Å²) in [5.41, 5.74) is 8.96. The second-order valence-electron chi connectivity index (χ2n) is 8.96. The largest absolute Gasteiger partial charge is 0.354 e. The minimum atomic E-state index is -0.331. The summed E-state index contributed by atoms with van der Waals surface area (Å²) in [5.74, 6) is 0.249. The van der Waals surface area contributed by atoms with Gasteiger partial charge in [-0.05, 0) is 68.7 Å². The fraction of sp³-hybridized carbons (Fsp3) is 0.423. The highest BCUT2D eigenvalue weighted by molar-refractivity contribution is 5.66. The van der Waals surface area contributed by atoms with Crippen molar-refractivity contribution >= 4 is 5.95 Å². The predicted octanol–water partition coefficient (Wildman–Crippen LogP) is 3.54. The van der Waals surface area contributed by atoms with Gasteiger partial charge in [-0.25, -0.2) is 9.37 Å². The molecule has 8 heteroatoms. The number of rotatable bonds is 9. The van der Waals surface area contributed by atoms with Gasteiger partial charge in [0.25, 0.3) is 5.56 Å². The Kier molecular flexibility index (Phi) is 8.03. The average Bonchev–Trinajstić information content (AvgIpc) is 2.84. The molecule has 1 aromatic carbocycles. The van der Waals surface area contributed by atoms with Crippen LogP contribution in [0.2, 0.25) is 0 Å². The minimum absolute atomic E-state index is 0.165. The maximum absolute atomic E-state index is 13.5. The van der Waals surface area contributed by atoms with Gasteiger partial charge in [0.2, 0.25) is 5.95 Å². The second-order valence-corrected chi connectivity index (χ2v) is 8.96. The molecule has 0 aliphatic carbocycles. The van der Waals surface area contributed by atoms with Crippen LogP contribution >= 0.6 is 0 Å². The first kappa shape index (κ1) is 24.0. The number of pyridine rings is 1. The van der Waals surface area contributed by atoms with E-state index >= 15 is 0 Å². The molecular weight excluding hydrogens is 431 g/mol. The molecule has 1 aliphatic rings. The van der Waals surface area contributed by atoms with Gasteiger partial charge in [0.1, 0.15) is 5.82 Å². The number of hydrogen-bond donors (Lipinski definition) is 3. The molecule has 1 unspecified atom stereocenters. The van der Waals surface area contributed by atoms with E-state index in [9.17, 15) is 9.18 Å². The number of nitrogens with two attached hydrogens (primary N) is 1. The SMILES string of the molecule is CCCN1CCC(c2nc(NCC(N)Cc3ccccn3)[nH]c(=O)c2-c2ccc(F)cc2)CC1. The fourth-order valence-corrected chi connectivity index (χ4v) is 4.60. The van der Waals surface area contributed by atoms with Gasteiger partial charge in [-0.1, -0.05) is 25.1 Å². The van der Waals surface area contributed by atoms with Crippen LogP contribution in [0.5, 0.6) is 0 Å². The third-order valence-corrected chi connectivity index (χ3v) is 6.32. The highest BCUT2D eigenvalue weighted by Crippen LogP contribution is 2.33. The molecule has 0 bridgehead atoms. The molecule has 0 radical (unpaired) electrons. The van der Waals surface area contributed by atoms with E-state index in [4.69, 9.17) is 10.7 Å². The molecule has 7 nitrogen and oxygen atoms in total. The smallest absolute Gasteiger partial charge is 0.260 e. The molecule has 3 aromatic rings. The standard InChI is InChI=1S/C26H33FN6O/c1-2-13-33-14-10-19(11-15-33)24-23(18-6-8-20(27)9-7-18)25(34)32-26(31-24)30-17-21(28)16-22-5-3-4-12-29-22/h3-9,12,19,21H,2,10-11,13-17,28H2,1H3,(H2,30,31,32,34). The Balaban J connectivity index is 1.56. The predicted molar refractivity (Wildman–Crippen MR) is 133 cm³/mol. The van der Waals surface area contributed by atoms with E-state index in [0.29, 0.717) is 30.0 Å². The molecule has 34 heavy (non-hydrogen) atoms. The van der Waals surface area contributed by atoms with E-state index < -0.39 is 0 Å².